The first-order valence-corrected chi connectivity index (χ1v) is 6.20. The third-order valence-corrected chi connectivity index (χ3v) is 3.83. The van der Waals surface area contributed by atoms with Crippen LogP contribution in [0.3, 0.4) is 0 Å². The van der Waals surface area contributed by atoms with Gasteiger partial charge in [-0.25, -0.2) is 0 Å². The molecule has 4 nitrogen and oxygen atoms in total. The van der Waals surface area contributed by atoms with E-state index in [4.69, 9.17) is 9.47 Å². The van der Waals surface area contributed by atoms with Gasteiger partial charge in [-0.1, -0.05) is 0 Å². The molecule has 1 spiro atoms. The van der Waals surface area contributed by atoms with Crippen LogP contribution in [-0.4, -0.2) is 29.1 Å². The van der Waals surface area contributed by atoms with Crippen molar-refractivity contribution in [3.8, 4) is 5.75 Å². The van der Waals surface area contributed by atoms with Gasteiger partial charge in [0.2, 0.25) is 0 Å². The van der Waals surface area contributed by atoms with Crippen LogP contribution in [0, 0.1) is 0 Å². The summed E-state index contributed by atoms with van der Waals surface area (Å²) in [6.45, 7) is 1.42. The number of hydrogen-bond acceptors (Lipinski definition) is 4. The molecule has 1 saturated heterocycles. The highest BCUT2D eigenvalue weighted by atomic mass is 16.7. The second kappa shape index (κ2) is 4.27. The van der Waals surface area contributed by atoms with Crippen molar-refractivity contribution in [2.45, 2.75) is 37.4 Å². The smallest absolute Gasteiger partial charge is 0.168 e. The van der Waals surface area contributed by atoms with Gasteiger partial charge >= 0.3 is 0 Å². The van der Waals surface area contributed by atoms with E-state index in [-0.39, 0.29) is 5.79 Å². The van der Waals surface area contributed by atoms with Gasteiger partial charge in [-0.3, -0.25) is 4.98 Å². The van der Waals surface area contributed by atoms with Crippen LogP contribution in [0.4, 0.5) is 0 Å². The van der Waals surface area contributed by atoms with Gasteiger partial charge in [0, 0.05) is 30.8 Å². The lowest BCUT2D eigenvalue weighted by molar-refractivity contribution is -0.178. The van der Waals surface area contributed by atoms with Gasteiger partial charge in [-0.2, -0.15) is 0 Å². The topological polar surface area (TPSA) is 51.6 Å². The standard InChI is InChI=1S/C13H17NO3/c15-12-3-6-14-9-11(12)10-1-4-13(5-2-10)16-7-8-17-13/h3,6,9-10H,1-2,4-5,7-8H2,(H,14,15). The number of pyridine rings is 1. The van der Waals surface area contributed by atoms with Crippen LogP contribution in [-0.2, 0) is 9.47 Å². The summed E-state index contributed by atoms with van der Waals surface area (Å²) in [5, 5.41) is 9.82. The molecule has 0 unspecified atom stereocenters. The number of hydrogen-bond donors (Lipinski definition) is 1. The number of ether oxygens (including phenoxy) is 2. The molecule has 0 bridgehead atoms. The van der Waals surface area contributed by atoms with Crippen LogP contribution in [0.1, 0.15) is 37.2 Å². The molecule has 0 atom stereocenters. The maximum Gasteiger partial charge on any atom is 0.168 e. The summed E-state index contributed by atoms with van der Waals surface area (Å²) in [5.41, 5.74) is 0.959. The third-order valence-electron chi connectivity index (χ3n) is 3.83. The van der Waals surface area contributed by atoms with E-state index in [1.807, 2.05) is 0 Å². The monoisotopic (exact) mass is 235 g/mol. The molecule has 0 amide bonds. The zero-order chi connectivity index (χ0) is 11.7. The molecule has 1 saturated carbocycles. The van der Waals surface area contributed by atoms with E-state index in [1.165, 1.54) is 0 Å². The van der Waals surface area contributed by atoms with E-state index in [2.05, 4.69) is 4.98 Å². The zero-order valence-electron chi connectivity index (χ0n) is 9.76. The summed E-state index contributed by atoms with van der Waals surface area (Å²) in [6, 6.07) is 1.66. The van der Waals surface area contributed by atoms with Gasteiger partial charge < -0.3 is 14.6 Å². The van der Waals surface area contributed by atoms with E-state index >= 15 is 0 Å². The molecule has 1 aromatic heterocycles. The van der Waals surface area contributed by atoms with Crippen LogP contribution < -0.4 is 0 Å². The minimum atomic E-state index is -0.325. The molecule has 0 aromatic carbocycles. The maximum atomic E-state index is 9.82. The fraction of sp³-hybridized carbons (Fsp3) is 0.615. The second-order valence-corrected chi connectivity index (χ2v) is 4.82. The number of aromatic nitrogens is 1. The molecule has 17 heavy (non-hydrogen) atoms. The van der Waals surface area contributed by atoms with Crippen molar-refractivity contribution in [2.75, 3.05) is 13.2 Å². The lowest BCUT2D eigenvalue weighted by Crippen LogP contribution is -2.34. The number of nitrogens with zero attached hydrogens (tertiary/aromatic N) is 1. The highest BCUT2D eigenvalue weighted by molar-refractivity contribution is 5.32. The van der Waals surface area contributed by atoms with E-state index in [9.17, 15) is 5.11 Å². The fourth-order valence-electron chi connectivity index (χ4n) is 2.87. The normalized spacial score (nSPS) is 24.2. The van der Waals surface area contributed by atoms with Gasteiger partial charge in [-0.05, 0) is 24.8 Å². The van der Waals surface area contributed by atoms with E-state index in [1.54, 1.807) is 18.5 Å². The Morgan fingerprint density at radius 3 is 2.59 bits per heavy atom. The summed E-state index contributed by atoms with van der Waals surface area (Å²) in [6.07, 6.45) is 7.18. The highest BCUT2D eigenvalue weighted by Gasteiger charge is 2.40. The number of rotatable bonds is 1. The van der Waals surface area contributed by atoms with Crippen LogP contribution >= 0.6 is 0 Å². The first-order valence-electron chi connectivity index (χ1n) is 6.20. The van der Waals surface area contributed by atoms with Crippen LogP contribution in [0.15, 0.2) is 18.5 Å². The Labute approximate surface area is 101 Å². The second-order valence-electron chi connectivity index (χ2n) is 4.82. The largest absolute Gasteiger partial charge is 0.508 e. The highest BCUT2D eigenvalue weighted by Crippen LogP contribution is 2.43. The first kappa shape index (κ1) is 11.0. The number of aromatic hydroxyl groups is 1. The van der Waals surface area contributed by atoms with Crippen molar-refractivity contribution in [3.63, 3.8) is 0 Å². The Bertz CT molecular complexity index is 391. The molecule has 92 valence electrons. The fourth-order valence-corrected chi connectivity index (χ4v) is 2.87. The van der Waals surface area contributed by atoms with Crippen molar-refractivity contribution in [3.05, 3.63) is 24.0 Å². The Hall–Kier alpha value is -1.13. The van der Waals surface area contributed by atoms with Crippen LogP contribution in [0.25, 0.3) is 0 Å². The maximum absolute atomic E-state index is 9.82. The summed E-state index contributed by atoms with van der Waals surface area (Å²) < 4.78 is 11.4. The van der Waals surface area contributed by atoms with E-state index < -0.39 is 0 Å². The quantitative estimate of drug-likeness (QED) is 0.810. The van der Waals surface area contributed by atoms with Crippen molar-refractivity contribution < 1.29 is 14.6 Å². The van der Waals surface area contributed by atoms with Crippen molar-refractivity contribution in [2.24, 2.45) is 0 Å². The molecule has 1 aromatic rings. The Morgan fingerprint density at radius 1 is 1.24 bits per heavy atom. The molecular weight excluding hydrogens is 218 g/mol. The van der Waals surface area contributed by atoms with Gasteiger partial charge in [0.05, 0.1) is 13.2 Å². The van der Waals surface area contributed by atoms with Gasteiger partial charge in [0.25, 0.3) is 0 Å². The van der Waals surface area contributed by atoms with Gasteiger partial charge in [0.15, 0.2) is 5.79 Å². The van der Waals surface area contributed by atoms with Gasteiger partial charge in [-0.15, -0.1) is 0 Å². The molecule has 2 fully saturated rings. The van der Waals surface area contributed by atoms with E-state index in [0.29, 0.717) is 24.9 Å². The molecule has 2 heterocycles. The lowest BCUT2D eigenvalue weighted by atomic mass is 9.81. The minimum Gasteiger partial charge on any atom is -0.508 e. The SMILES string of the molecule is Oc1ccncc1C1CCC2(CC1)OCCO2. The predicted octanol–water partition coefficient (Wildman–Crippen LogP) is 2.19. The van der Waals surface area contributed by atoms with Gasteiger partial charge in [0.1, 0.15) is 5.75 Å². The van der Waals surface area contributed by atoms with Crippen LogP contribution in [0.5, 0.6) is 5.75 Å². The minimum absolute atomic E-state index is 0.325. The molecule has 1 aliphatic carbocycles. The average Bonchev–Trinajstić information content (AvgIpc) is 2.80. The molecular formula is C13H17NO3. The van der Waals surface area contributed by atoms with Crippen molar-refractivity contribution in [1.82, 2.24) is 4.98 Å². The van der Waals surface area contributed by atoms with E-state index in [0.717, 1.165) is 31.2 Å². The molecule has 0 radical (unpaired) electrons. The molecule has 2 aliphatic rings. The molecule has 1 N–H and O–H groups in total. The van der Waals surface area contributed by atoms with Crippen molar-refractivity contribution >= 4 is 0 Å². The third kappa shape index (κ3) is 2.03. The Balaban J connectivity index is 1.71. The summed E-state index contributed by atoms with van der Waals surface area (Å²) in [4.78, 5) is 4.09. The molecule has 4 heteroatoms. The first-order chi connectivity index (χ1) is 8.29. The van der Waals surface area contributed by atoms with Crippen molar-refractivity contribution in [1.29, 1.82) is 0 Å². The van der Waals surface area contributed by atoms with Crippen LogP contribution in [0.2, 0.25) is 0 Å². The zero-order valence-corrected chi connectivity index (χ0v) is 9.76. The average molecular weight is 235 g/mol. The summed E-state index contributed by atoms with van der Waals surface area (Å²) in [7, 11) is 0. The predicted molar refractivity (Wildman–Crippen MR) is 61.7 cm³/mol. The molecule has 1 aliphatic heterocycles. The molecule has 3 rings (SSSR count). The summed E-state index contributed by atoms with van der Waals surface area (Å²) in [5.74, 6) is 0.408. The Morgan fingerprint density at radius 2 is 1.94 bits per heavy atom. The summed E-state index contributed by atoms with van der Waals surface area (Å²) >= 11 is 0. The Kier molecular flexibility index (Phi) is 2.76. The lowest BCUT2D eigenvalue weighted by Gasteiger charge is -2.35.